The van der Waals surface area contributed by atoms with E-state index in [0.29, 0.717) is 0 Å². The molecular formula is C12H28N2Si. The zero-order valence-electron chi connectivity index (χ0n) is 11.0. The number of nitrogens with two attached hydrogens (primary N) is 1. The van der Waals surface area contributed by atoms with Crippen molar-refractivity contribution in [3.8, 4) is 0 Å². The normalized spacial score (nSPS) is 15.9. The third kappa shape index (κ3) is 10.2. The van der Waals surface area contributed by atoms with Crippen molar-refractivity contribution in [2.24, 2.45) is 5.73 Å². The van der Waals surface area contributed by atoms with Gasteiger partial charge in [0, 0.05) is 27.6 Å². The molecule has 0 aliphatic rings. The molecule has 0 saturated heterocycles. The van der Waals surface area contributed by atoms with Crippen LogP contribution in [0.2, 0.25) is 5.54 Å². The van der Waals surface area contributed by atoms with Gasteiger partial charge in [-0.1, -0.05) is 25.5 Å². The Balaban J connectivity index is 3.69. The molecular weight excluding hydrogens is 200 g/mol. The second-order valence-electron chi connectivity index (χ2n) is 5.55. The molecule has 0 fully saturated rings. The van der Waals surface area contributed by atoms with Gasteiger partial charge in [0.05, 0.1) is 0 Å². The standard InChI is InChI=1S/C12H28N2Si/c1-10(2)15-8-6-7-14-12(4,5)9-11(3)13/h6,8,10-11,14H,7,9,13,15H2,1-5H3. The Morgan fingerprint density at radius 1 is 1.33 bits per heavy atom. The molecule has 0 aromatic heterocycles. The SMILES string of the molecule is CC(N)CC(C)(C)NCC=C[SiH2]C(C)C. The average Bonchev–Trinajstić information content (AvgIpc) is 1.99. The molecule has 0 heterocycles. The summed E-state index contributed by atoms with van der Waals surface area (Å²) >= 11 is 0. The van der Waals surface area contributed by atoms with Gasteiger partial charge in [-0.25, -0.2) is 0 Å². The smallest absolute Gasteiger partial charge is 0.0475 e. The van der Waals surface area contributed by atoms with E-state index in [1.807, 2.05) is 0 Å². The third-order valence-electron chi connectivity index (χ3n) is 2.30. The van der Waals surface area contributed by atoms with Crippen molar-refractivity contribution in [2.45, 2.75) is 58.2 Å². The van der Waals surface area contributed by atoms with E-state index in [-0.39, 0.29) is 21.1 Å². The van der Waals surface area contributed by atoms with Gasteiger partial charge in [-0.3, -0.25) is 0 Å². The number of hydrogen-bond donors (Lipinski definition) is 2. The van der Waals surface area contributed by atoms with Crippen molar-refractivity contribution < 1.29 is 0 Å². The maximum absolute atomic E-state index is 5.80. The minimum Gasteiger partial charge on any atom is -0.328 e. The van der Waals surface area contributed by atoms with E-state index in [1.165, 1.54) is 0 Å². The first kappa shape index (κ1) is 14.9. The van der Waals surface area contributed by atoms with E-state index >= 15 is 0 Å². The van der Waals surface area contributed by atoms with Crippen LogP contribution in [0.15, 0.2) is 11.8 Å². The van der Waals surface area contributed by atoms with Crippen LogP contribution in [0.1, 0.15) is 41.0 Å². The van der Waals surface area contributed by atoms with E-state index < -0.39 is 0 Å². The highest BCUT2D eigenvalue weighted by Gasteiger charge is 2.17. The fourth-order valence-corrected chi connectivity index (χ4v) is 2.57. The largest absolute Gasteiger partial charge is 0.328 e. The first-order chi connectivity index (χ1) is 6.83. The Hall–Kier alpha value is -0.123. The third-order valence-corrected chi connectivity index (χ3v) is 3.85. The summed E-state index contributed by atoms with van der Waals surface area (Å²) in [6, 6.07) is 0.265. The highest BCUT2D eigenvalue weighted by molar-refractivity contribution is 6.43. The fraction of sp³-hybridized carbons (Fsp3) is 0.833. The molecule has 0 aliphatic carbocycles. The molecule has 3 heteroatoms. The number of rotatable bonds is 7. The molecule has 0 bridgehead atoms. The van der Waals surface area contributed by atoms with Crippen molar-refractivity contribution in [1.82, 2.24) is 5.32 Å². The quantitative estimate of drug-likeness (QED) is 0.650. The van der Waals surface area contributed by atoms with E-state index in [4.69, 9.17) is 5.73 Å². The van der Waals surface area contributed by atoms with Gasteiger partial charge in [-0.2, -0.15) is 0 Å². The lowest BCUT2D eigenvalue weighted by molar-refractivity contribution is 0.355. The molecule has 3 N–H and O–H groups in total. The summed E-state index contributed by atoms with van der Waals surface area (Å²) in [6.45, 7) is 12.0. The second-order valence-corrected chi connectivity index (χ2v) is 8.12. The molecule has 15 heavy (non-hydrogen) atoms. The minimum absolute atomic E-state index is 0.0148. The van der Waals surface area contributed by atoms with Crippen molar-refractivity contribution in [1.29, 1.82) is 0 Å². The van der Waals surface area contributed by atoms with Crippen LogP contribution in [-0.2, 0) is 0 Å². The highest BCUT2D eigenvalue weighted by atomic mass is 28.2. The Bertz CT molecular complexity index is 186. The van der Waals surface area contributed by atoms with Gasteiger partial charge in [0.2, 0.25) is 0 Å². The Labute approximate surface area is 97.5 Å². The molecule has 0 aromatic rings. The van der Waals surface area contributed by atoms with Crippen LogP contribution in [0.3, 0.4) is 0 Å². The summed E-state index contributed by atoms with van der Waals surface area (Å²) in [5.74, 6) is 0. The molecule has 1 unspecified atom stereocenters. The van der Waals surface area contributed by atoms with Crippen molar-refractivity contribution >= 4 is 9.52 Å². The summed E-state index contributed by atoms with van der Waals surface area (Å²) in [7, 11) is 0.0148. The van der Waals surface area contributed by atoms with Crippen molar-refractivity contribution in [3.05, 3.63) is 11.8 Å². The van der Waals surface area contributed by atoms with Crippen LogP contribution < -0.4 is 11.1 Å². The molecule has 0 saturated carbocycles. The summed E-state index contributed by atoms with van der Waals surface area (Å²) in [6.07, 6.45) is 3.29. The molecule has 0 spiro atoms. The van der Waals surface area contributed by atoms with Crippen LogP contribution in [0.4, 0.5) is 0 Å². The zero-order valence-corrected chi connectivity index (χ0v) is 12.4. The van der Waals surface area contributed by atoms with E-state index in [1.54, 1.807) is 0 Å². The van der Waals surface area contributed by atoms with Gasteiger partial charge in [0.1, 0.15) is 0 Å². The van der Waals surface area contributed by atoms with Gasteiger partial charge in [0.25, 0.3) is 0 Å². The average molecular weight is 228 g/mol. The lowest BCUT2D eigenvalue weighted by atomic mass is 9.96. The minimum atomic E-state index is 0.0148. The summed E-state index contributed by atoms with van der Waals surface area (Å²) < 4.78 is 0. The maximum Gasteiger partial charge on any atom is 0.0475 e. The Morgan fingerprint density at radius 2 is 1.93 bits per heavy atom. The number of hydrogen-bond acceptors (Lipinski definition) is 2. The predicted octanol–water partition coefficient (Wildman–Crippen LogP) is 1.60. The predicted molar refractivity (Wildman–Crippen MR) is 73.1 cm³/mol. The first-order valence-electron chi connectivity index (χ1n) is 5.99. The molecule has 2 nitrogen and oxygen atoms in total. The first-order valence-corrected chi connectivity index (χ1v) is 7.62. The lowest BCUT2D eigenvalue weighted by Gasteiger charge is -2.27. The monoisotopic (exact) mass is 228 g/mol. The van der Waals surface area contributed by atoms with Gasteiger partial charge >= 0.3 is 0 Å². The zero-order chi connectivity index (χ0) is 11.9. The van der Waals surface area contributed by atoms with E-state index in [9.17, 15) is 0 Å². The summed E-state index contributed by atoms with van der Waals surface area (Å²) in [5.41, 5.74) is 9.22. The maximum atomic E-state index is 5.80. The van der Waals surface area contributed by atoms with E-state index in [2.05, 4.69) is 51.7 Å². The molecule has 0 radical (unpaired) electrons. The van der Waals surface area contributed by atoms with Crippen LogP contribution >= 0.6 is 0 Å². The molecule has 1 atom stereocenters. The second kappa shape index (κ2) is 7.20. The van der Waals surface area contributed by atoms with Crippen LogP contribution in [0.5, 0.6) is 0 Å². The molecule has 0 aliphatic heterocycles. The molecule has 0 rings (SSSR count). The van der Waals surface area contributed by atoms with E-state index in [0.717, 1.165) is 18.5 Å². The van der Waals surface area contributed by atoms with Gasteiger partial charge in [-0.05, 0) is 27.2 Å². The Kier molecular flexibility index (Phi) is 7.14. The number of nitrogens with one attached hydrogen (secondary N) is 1. The summed E-state index contributed by atoms with van der Waals surface area (Å²) in [5, 5.41) is 3.52. The summed E-state index contributed by atoms with van der Waals surface area (Å²) in [4.78, 5) is 0. The van der Waals surface area contributed by atoms with Crippen molar-refractivity contribution in [2.75, 3.05) is 6.54 Å². The van der Waals surface area contributed by atoms with Crippen LogP contribution in [-0.4, -0.2) is 27.6 Å². The van der Waals surface area contributed by atoms with Gasteiger partial charge in [-0.15, -0.1) is 5.70 Å². The Morgan fingerprint density at radius 3 is 2.40 bits per heavy atom. The highest BCUT2D eigenvalue weighted by Crippen LogP contribution is 2.09. The van der Waals surface area contributed by atoms with Crippen molar-refractivity contribution in [3.63, 3.8) is 0 Å². The molecule has 0 aromatic carbocycles. The van der Waals surface area contributed by atoms with Crippen LogP contribution in [0, 0.1) is 0 Å². The van der Waals surface area contributed by atoms with Gasteiger partial charge < -0.3 is 11.1 Å². The van der Waals surface area contributed by atoms with Crippen LogP contribution in [0.25, 0.3) is 0 Å². The molecule has 0 amide bonds. The molecule has 90 valence electrons. The van der Waals surface area contributed by atoms with Gasteiger partial charge in [0.15, 0.2) is 0 Å². The topological polar surface area (TPSA) is 38.0 Å². The lowest BCUT2D eigenvalue weighted by Crippen LogP contribution is -2.43. The fourth-order valence-electron chi connectivity index (χ4n) is 1.66.